The highest BCUT2D eigenvalue weighted by atomic mass is 32.2. The smallest absolute Gasteiger partial charge is 0.303 e. The van der Waals surface area contributed by atoms with Crippen molar-refractivity contribution in [2.45, 2.75) is 24.7 Å². The molecule has 0 saturated heterocycles. The number of amidine groups is 1. The Bertz CT molecular complexity index is 652. The summed E-state index contributed by atoms with van der Waals surface area (Å²) in [7, 11) is -3.50. The average molecular weight is 296 g/mol. The van der Waals surface area contributed by atoms with Crippen molar-refractivity contribution in [2.24, 2.45) is 10.9 Å². The van der Waals surface area contributed by atoms with Crippen LogP contribution in [-0.2, 0) is 14.8 Å². The molecular formula is C13H16N2O4S. The van der Waals surface area contributed by atoms with Gasteiger partial charge in [0.25, 0.3) is 10.0 Å². The molecule has 0 amide bonds. The molecule has 0 saturated carbocycles. The van der Waals surface area contributed by atoms with E-state index in [-0.39, 0.29) is 17.2 Å². The lowest BCUT2D eigenvalue weighted by molar-refractivity contribution is -0.137. The average Bonchev–Trinajstić information content (AvgIpc) is 2.66. The molecule has 6 nitrogen and oxygen atoms in total. The van der Waals surface area contributed by atoms with E-state index in [1.54, 1.807) is 18.2 Å². The number of carboxylic acid groups (broad SMARTS) is 1. The fourth-order valence-corrected chi connectivity index (χ4v) is 3.21. The zero-order chi connectivity index (χ0) is 14.8. The molecule has 0 aromatic heterocycles. The van der Waals surface area contributed by atoms with Crippen molar-refractivity contribution in [1.29, 1.82) is 0 Å². The van der Waals surface area contributed by atoms with Crippen LogP contribution in [0.15, 0.2) is 34.2 Å². The number of hydrogen-bond donors (Lipinski definition) is 2. The van der Waals surface area contributed by atoms with E-state index in [1.165, 1.54) is 6.07 Å². The van der Waals surface area contributed by atoms with Gasteiger partial charge >= 0.3 is 5.97 Å². The lowest BCUT2D eigenvalue weighted by Crippen LogP contribution is -2.23. The molecular weight excluding hydrogens is 280 g/mol. The van der Waals surface area contributed by atoms with E-state index in [9.17, 15) is 13.2 Å². The van der Waals surface area contributed by atoms with Crippen LogP contribution in [0, 0.1) is 5.92 Å². The number of aliphatic carboxylic acids is 1. The number of hydrogen-bond acceptors (Lipinski definition) is 4. The van der Waals surface area contributed by atoms with Crippen molar-refractivity contribution in [1.82, 2.24) is 4.72 Å². The predicted octanol–water partition coefficient (Wildman–Crippen LogP) is 1.23. The standard InChI is InChI=1S/C13H16N2O4S/c1-9(6-7-12(16)17)8-14-13-10-4-2-3-5-11(10)20(18,19)15-13/h2-5,9H,6-8H2,1H3,(H,14,15)(H,16,17). The van der Waals surface area contributed by atoms with E-state index in [0.717, 1.165) is 0 Å². The lowest BCUT2D eigenvalue weighted by atomic mass is 10.1. The number of carbonyl (C=O) groups is 1. The summed E-state index contributed by atoms with van der Waals surface area (Å²) in [4.78, 5) is 15.0. The Kier molecular flexibility index (Phi) is 4.08. The van der Waals surface area contributed by atoms with Crippen LogP contribution in [-0.4, -0.2) is 31.9 Å². The molecule has 0 radical (unpaired) electrons. The van der Waals surface area contributed by atoms with Crippen LogP contribution < -0.4 is 4.72 Å². The van der Waals surface area contributed by atoms with Crippen LogP contribution in [0.3, 0.4) is 0 Å². The summed E-state index contributed by atoms with van der Waals surface area (Å²) in [6, 6.07) is 6.66. The van der Waals surface area contributed by atoms with Gasteiger partial charge in [-0.1, -0.05) is 19.1 Å². The largest absolute Gasteiger partial charge is 0.481 e. The van der Waals surface area contributed by atoms with Crippen LogP contribution in [0.5, 0.6) is 0 Å². The number of benzene rings is 1. The van der Waals surface area contributed by atoms with Crippen LogP contribution in [0.1, 0.15) is 25.3 Å². The predicted molar refractivity (Wildman–Crippen MR) is 74.2 cm³/mol. The fourth-order valence-electron chi connectivity index (χ4n) is 1.96. The second kappa shape index (κ2) is 5.62. The highest BCUT2D eigenvalue weighted by molar-refractivity contribution is 7.90. The van der Waals surface area contributed by atoms with Crippen molar-refractivity contribution in [3.05, 3.63) is 29.8 Å². The number of carboxylic acids is 1. The Morgan fingerprint density at radius 2 is 2.10 bits per heavy atom. The third-order valence-electron chi connectivity index (χ3n) is 3.07. The summed E-state index contributed by atoms with van der Waals surface area (Å²) in [6.45, 7) is 2.28. The van der Waals surface area contributed by atoms with Crippen LogP contribution in [0.2, 0.25) is 0 Å². The summed E-state index contributed by atoms with van der Waals surface area (Å²) in [5.74, 6) is -0.421. The SMILES string of the molecule is CC(CCC(=O)O)CN=C1NS(=O)(=O)c2ccccc21. The molecule has 1 aliphatic rings. The zero-order valence-corrected chi connectivity index (χ0v) is 11.9. The monoisotopic (exact) mass is 296 g/mol. The van der Waals surface area contributed by atoms with Gasteiger partial charge in [-0.2, -0.15) is 0 Å². The van der Waals surface area contributed by atoms with E-state index in [0.29, 0.717) is 24.4 Å². The van der Waals surface area contributed by atoms with Gasteiger partial charge in [-0.25, -0.2) is 8.42 Å². The van der Waals surface area contributed by atoms with Gasteiger partial charge < -0.3 is 5.11 Å². The second-order valence-corrected chi connectivity index (χ2v) is 6.48. The fraction of sp³-hybridized carbons (Fsp3) is 0.385. The minimum Gasteiger partial charge on any atom is -0.481 e. The minimum atomic E-state index is -3.50. The molecule has 7 heteroatoms. The summed E-state index contributed by atoms with van der Waals surface area (Å²) in [6.07, 6.45) is 0.606. The molecule has 1 heterocycles. The highest BCUT2D eigenvalue weighted by Crippen LogP contribution is 2.22. The first kappa shape index (κ1) is 14.5. The summed E-state index contributed by atoms with van der Waals surface area (Å²) < 4.78 is 26.1. The van der Waals surface area contributed by atoms with Gasteiger partial charge in [-0.15, -0.1) is 0 Å². The maximum Gasteiger partial charge on any atom is 0.303 e. The van der Waals surface area contributed by atoms with Gasteiger partial charge in [-0.3, -0.25) is 14.5 Å². The molecule has 1 unspecified atom stereocenters. The Labute approximate surface area is 117 Å². The minimum absolute atomic E-state index is 0.0795. The van der Waals surface area contributed by atoms with Crippen molar-refractivity contribution in [3.63, 3.8) is 0 Å². The molecule has 0 spiro atoms. The van der Waals surface area contributed by atoms with E-state index in [2.05, 4.69) is 9.71 Å². The van der Waals surface area contributed by atoms with Gasteiger partial charge in [0.2, 0.25) is 0 Å². The van der Waals surface area contributed by atoms with Crippen LogP contribution in [0.4, 0.5) is 0 Å². The second-order valence-electron chi connectivity index (χ2n) is 4.83. The van der Waals surface area contributed by atoms with Crippen molar-refractivity contribution >= 4 is 21.8 Å². The quantitative estimate of drug-likeness (QED) is 0.854. The molecule has 1 aliphatic heterocycles. The van der Waals surface area contributed by atoms with E-state index < -0.39 is 16.0 Å². The Morgan fingerprint density at radius 1 is 1.40 bits per heavy atom. The Hall–Kier alpha value is -1.89. The first-order chi connectivity index (χ1) is 9.40. The van der Waals surface area contributed by atoms with Gasteiger partial charge in [0, 0.05) is 18.5 Å². The number of sulfonamides is 1. The molecule has 0 aliphatic carbocycles. The Balaban J connectivity index is 2.11. The summed E-state index contributed by atoms with van der Waals surface area (Å²) >= 11 is 0. The third kappa shape index (κ3) is 3.16. The van der Waals surface area contributed by atoms with E-state index in [1.807, 2.05) is 6.92 Å². The molecule has 2 N–H and O–H groups in total. The third-order valence-corrected chi connectivity index (χ3v) is 4.47. The Morgan fingerprint density at radius 3 is 2.80 bits per heavy atom. The van der Waals surface area contributed by atoms with Gasteiger partial charge in [0.05, 0.1) is 4.90 Å². The summed E-state index contributed by atoms with van der Waals surface area (Å²) in [5, 5.41) is 8.61. The molecule has 1 atom stereocenters. The topological polar surface area (TPSA) is 95.8 Å². The molecule has 0 bridgehead atoms. The highest BCUT2D eigenvalue weighted by Gasteiger charge is 2.30. The molecule has 108 valence electrons. The van der Waals surface area contributed by atoms with Crippen molar-refractivity contribution < 1.29 is 18.3 Å². The normalized spacial score (nSPS) is 19.4. The molecule has 20 heavy (non-hydrogen) atoms. The molecule has 1 aromatic rings. The summed E-state index contributed by atoms with van der Waals surface area (Å²) in [5.41, 5.74) is 0.568. The van der Waals surface area contributed by atoms with Crippen LogP contribution >= 0.6 is 0 Å². The number of fused-ring (bicyclic) bond motifs is 1. The van der Waals surface area contributed by atoms with E-state index in [4.69, 9.17) is 5.11 Å². The number of rotatable bonds is 5. The van der Waals surface area contributed by atoms with Crippen molar-refractivity contribution in [3.8, 4) is 0 Å². The lowest BCUT2D eigenvalue weighted by Gasteiger charge is -2.07. The number of aliphatic imine (C=N–C) groups is 1. The van der Waals surface area contributed by atoms with Crippen LogP contribution in [0.25, 0.3) is 0 Å². The maximum atomic E-state index is 11.9. The van der Waals surface area contributed by atoms with Crippen molar-refractivity contribution in [2.75, 3.05) is 6.54 Å². The first-order valence-electron chi connectivity index (χ1n) is 6.28. The molecule has 2 rings (SSSR count). The van der Waals surface area contributed by atoms with Gasteiger partial charge in [0.15, 0.2) is 0 Å². The number of nitrogens with one attached hydrogen (secondary N) is 1. The molecule has 0 fully saturated rings. The molecule has 1 aromatic carbocycles. The zero-order valence-electron chi connectivity index (χ0n) is 11.0. The first-order valence-corrected chi connectivity index (χ1v) is 7.77. The van der Waals surface area contributed by atoms with Gasteiger partial charge in [0.1, 0.15) is 5.84 Å². The van der Waals surface area contributed by atoms with E-state index >= 15 is 0 Å². The number of nitrogens with zero attached hydrogens (tertiary/aromatic N) is 1. The van der Waals surface area contributed by atoms with Gasteiger partial charge in [-0.05, 0) is 24.5 Å². The maximum absolute atomic E-state index is 11.9.